The molecule has 0 spiro atoms. The number of nitrogens with one attached hydrogen (secondary N) is 1. The predicted molar refractivity (Wildman–Crippen MR) is 79.0 cm³/mol. The van der Waals surface area contributed by atoms with Gasteiger partial charge in [-0.3, -0.25) is 4.99 Å². The average Bonchev–Trinajstić information content (AvgIpc) is 2.89. The zero-order valence-corrected chi connectivity index (χ0v) is 13.3. The highest BCUT2D eigenvalue weighted by Gasteiger charge is 2.27. The zero-order chi connectivity index (χ0) is 16.4. The minimum absolute atomic E-state index is 0.0642. The SMILES string of the molecule is CCNC(=NCCCOCC(F)(F)F)N1CCC(COC)C1. The molecule has 5 nitrogen and oxygen atoms in total. The number of halogens is 3. The smallest absolute Gasteiger partial charge is 0.384 e. The van der Waals surface area contributed by atoms with E-state index in [2.05, 4.69) is 19.9 Å². The first-order valence-electron chi connectivity index (χ1n) is 7.63. The Hall–Kier alpha value is -1.02. The van der Waals surface area contributed by atoms with Crippen LogP contribution < -0.4 is 5.32 Å². The van der Waals surface area contributed by atoms with Gasteiger partial charge in [-0.05, 0) is 19.8 Å². The molecule has 0 aromatic rings. The molecular formula is C14H26F3N3O2. The minimum Gasteiger partial charge on any atom is -0.384 e. The maximum absolute atomic E-state index is 11.9. The van der Waals surface area contributed by atoms with Crippen LogP contribution in [0.5, 0.6) is 0 Å². The summed E-state index contributed by atoms with van der Waals surface area (Å²) in [7, 11) is 1.70. The van der Waals surface area contributed by atoms with E-state index in [-0.39, 0.29) is 6.61 Å². The van der Waals surface area contributed by atoms with E-state index in [1.807, 2.05) is 6.92 Å². The highest BCUT2D eigenvalue weighted by molar-refractivity contribution is 5.80. The normalized spacial score (nSPS) is 19.8. The second-order valence-corrected chi connectivity index (χ2v) is 5.31. The molecule has 1 atom stereocenters. The molecule has 130 valence electrons. The summed E-state index contributed by atoms with van der Waals surface area (Å²) in [5.74, 6) is 1.32. The van der Waals surface area contributed by atoms with Gasteiger partial charge in [-0.2, -0.15) is 13.2 Å². The maximum atomic E-state index is 11.9. The van der Waals surface area contributed by atoms with Gasteiger partial charge in [-0.15, -0.1) is 0 Å². The quantitative estimate of drug-likeness (QED) is 0.421. The molecule has 0 aromatic carbocycles. The third kappa shape index (κ3) is 7.84. The van der Waals surface area contributed by atoms with Crippen LogP contribution in [0.25, 0.3) is 0 Å². The predicted octanol–water partition coefficient (Wildman–Crippen LogP) is 1.89. The van der Waals surface area contributed by atoms with E-state index < -0.39 is 12.8 Å². The molecule has 1 saturated heterocycles. The molecular weight excluding hydrogens is 299 g/mol. The van der Waals surface area contributed by atoms with Gasteiger partial charge in [-0.25, -0.2) is 0 Å². The van der Waals surface area contributed by atoms with Crippen LogP contribution in [0.2, 0.25) is 0 Å². The van der Waals surface area contributed by atoms with E-state index in [1.54, 1.807) is 7.11 Å². The van der Waals surface area contributed by atoms with Crippen LogP contribution in [0, 0.1) is 5.92 Å². The molecule has 1 aliphatic heterocycles. The molecule has 0 aromatic heterocycles. The Morgan fingerprint density at radius 3 is 2.82 bits per heavy atom. The summed E-state index contributed by atoms with van der Waals surface area (Å²) < 4.78 is 45.5. The van der Waals surface area contributed by atoms with Crippen molar-refractivity contribution in [2.45, 2.75) is 25.9 Å². The van der Waals surface area contributed by atoms with E-state index in [1.165, 1.54) is 0 Å². The van der Waals surface area contributed by atoms with Crippen molar-refractivity contribution in [1.82, 2.24) is 10.2 Å². The Kier molecular flexibility index (Phi) is 8.55. The number of alkyl halides is 3. The van der Waals surface area contributed by atoms with Crippen molar-refractivity contribution in [3.63, 3.8) is 0 Å². The van der Waals surface area contributed by atoms with E-state index >= 15 is 0 Å². The van der Waals surface area contributed by atoms with Crippen molar-refractivity contribution in [2.24, 2.45) is 10.9 Å². The zero-order valence-electron chi connectivity index (χ0n) is 13.3. The second-order valence-electron chi connectivity index (χ2n) is 5.31. The van der Waals surface area contributed by atoms with Crippen molar-refractivity contribution >= 4 is 5.96 Å². The van der Waals surface area contributed by atoms with E-state index in [0.717, 1.165) is 38.6 Å². The summed E-state index contributed by atoms with van der Waals surface area (Å²) in [5.41, 5.74) is 0. The Labute approximate surface area is 129 Å². The van der Waals surface area contributed by atoms with Gasteiger partial charge in [0.15, 0.2) is 5.96 Å². The van der Waals surface area contributed by atoms with Crippen LogP contribution in [-0.4, -0.2) is 70.1 Å². The van der Waals surface area contributed by atoms with Crippen molar-refractivity contribution < 1.29 is 22.6 Å². The second kappa shape index (κ2) is 9.89. The van der Waals surface area contributed by atoms with Gasteiger partial charge in [0.1, 0.15) is 6.61 Å². The molecule has 1 fully saturated rings. The van der Waals surface area contributed by atoms with E-state index in [9.17, 15) is 13.2 Å². The van der Waals surface area contributed by atoms with Crippen LogP contribution in [0.4, 0.5) is 13.2 Å². The highest BCUT2D eigenvalue weighted by atomic mass is 19.4. The number of guanidine groups is 1. The molecule has 22 heavy (non-hydrogen) atoms. The summed E-state index contributed by atoms with van der Waals surface area (Å²) in [6.07, 6.45) is -2.72. The van der Waals surface area contributed by atoms with E-state index in [0.29, 0.717) is 18.9 Å². The molecule has 1 aliphatic rings. The third-order valence-electron chi connectivity index (χ3n) is 3.30. The Bertz CT molecular complexity index is 338. The van der Waals surface area contributed by atoms with Crippen LogP contribution >= 0.6 is 0 Å². The largest absolute Gasteiger partial charge is 0.411 e. The lowest BCUT2D eigenvalue weighted by Crippen LogP contribution is -2.40. The van der Waals surface area contributed by atoms with Crippen molar-refractivity contribution in [1.29, 1.82) is 0 Å². The number of hydrogen-bond donors (Lipinski definition) is 1. The lowest BCUT2D eigenvalue weighted by atomic mass is 10.1. The molecule has 0 aliphatic carbocycles. The summed E-state index contributed by atoms with van der Waals surface area (Å²) in [4.78, 5) is 6.62. The molecule has 1 heterocycles. The highest BCUT2D eigenvalue weighted by Crippen LogP contribution is 2.16. The first kappa shape index (κ1) is 19.0. The summed E-state index contributed by atoms with van der Waals surface area (Å²) in [5, 5.41) is 3.22. The number of ether oxygens (including phenoxy) is 2. The number of hydrogen-bond acceptors (Lipinski definition) is 3. The van der Waals surface area contributed by atoms with Crippen LogP contribution in [0.15, 0.2) is 4.99 Å². The molecule has 8 heteroatoms. The number of likely N-dealkylation sites (tertiary alicyclic amines) is 1. The van der Waals surface area contributed by atoms with Crippen molar-refractivity contribution in [3.8, 4) is 0 Å². The molecule has 1 N–H and O–H groups in total. The fourth-order valence-electron chi connectivity index (χ4n) is 2.36. The maximum Gasteiger partial charge on any atom is 0.411 e. The lowest BCUT2D eigenvalue weighted by Gasteiger charge is -2.21. The molecule has 0 bridgehead atoms. The topological polar surface area (TPSA) is 46.1 Å². The fraction of sp³-hybridized carbons (Fsp3) is 0.929. The van der Waals surface area contributed by atoms with Crippen LogP contribution in [0.1, 0.15) is 19.8 Å². The number of nitrogens with zero attached hydrogens (tertiary/aromatic N) is 2. The lowest BCUT2D eigenvalue weighted by molar-refractivity contribution is -0.173. The molecule has 1 unspecified atom stereocenters. The number of methoxy groups -OCH3 is 1. The Morgan fingerprint density at radius 2 is 2.18 bits per heavy atom. The molecule has 1 rings (SSSR count). The Morgan fingerprint density at radius 1 is 1.41 bits per heavy atom. The van der Waals surface area contributed by atoms with Gasteiger partial charge < -0.3 is 19.7 Å². The van der Waals surface area contributed by atoms with Crippen LogP contribution in [0.3, 0.4) is 0 Å². The third-order valence-corrected chi connectivity index (χ3v) is 3.30. The van der Waals surface area contributed by atoms with Gasteiger partial charge in [0, 0.05) is 45.8 Å². The van der Waals surface area contributed by atoms with Gasteiger partial charge in [0.25, 0.3) is 0 Å². The molecule has 0 saturated carbocycles. The number of rotatable bonds is 8. The Balaban J connectivity index is 2.30. The van der Waals surface area contributed by atoms with Crippen molar-refractivity contribution in [3.05, 3.63) is 0 Å². The molecule has 0 radical (unpaired) electrons. The summed E-state index contributed by atoms with van der Waals surface area (Å²) in [6, 6.07) is 0. The van der Waals surface area contributed by atoms with Gasteiger partial charge >= 0.3 is 6.18 Å². The monoisotopic (exact) mass is 325 g/mol. The minimum atomic E-state index is -4.26. The summed E-state index contributed by atoms with van der Waals surface area (Å²) >= 11 is 0. The average molecular weight is 325 g/mol. The fourth-order valence-corrected chi connectivity index (χ4v) is 2.36. The first-order chi connectivity index (χ1) is 10.5. The van der Waals surface area contributed by atoms with Crippen LogP contribution in [-0.2, 0) is 9.47 Å². The standard InChI is InChI=1S/C14H26F3N3O2/c1-3-18-13(20-7-5-12(9-20)10-21-2)19-6-4-8-22-11-14(15,16)17/h12H,3-11H2,1-2H3,(H,18,19). The molecule has 0 amide bonds. The van der Waals surface area contributed by atoms with Gasteiger partial charge in [0.2, 0.25) is 0 Å². The summed E-state index contributed by atoms with van der Waals surface area (Å²) in [6.45, 7) is 4.62. The van der Waals surface area contributed by atoms with Gasteiger partial charge in [-0.1, -0.05) is 0 Å². The first-order valence-corrected chi connectivity index (χ1v) is 7.63. The van der Waals surface area contributed by atoms with Gasteiger partial charge in [0.05, 0.1) is 6.61 Å². The van der Waals surface area contributed by atoms with E-state index in [4.69, 9.17) is 4.74 Å². The van der Waals surface area contributed by atoms with Crippen molar-refractivity contribution in [2.75, 3.05) is 53.1 Å². The number of aliphatic imine (C=N–C) groups is 1.